The zero-order valence-electron chi connectivity index (χ0n) is 23.8. The molecular weight excluding hydrogens is 566 g/mol. The third kappa shape index (κ3) is 7.68. The number of hydrogen-bond acceptors (Lipinski definition) is 10. The molecule has 0 aliphatic rings. The van der Waals surface area contributed by atoms with E-state index >= 15 is 0 Å². The Kier molecular flexibility index (Phi) is 10.5. The number of hydrogen-bond donors (Lipinski definition) is 6. The van der Waals surface area contributed by atoms with Crippen molar-refractivity contribution in [1.82, 2.24) is 34.6 Å². The van der Waals surface area contributed by atoms with E-state index in [0.29, 0.717) is 0 Å². The molecule has 16 nitrogen and oxygen atoms in total. The van der Waals surface area contributed by atoms with E-state index in [-0.39, 0.29) is 56.0 Å². The van der Waals surface area contributed by atoms with Crippen molar-refractivity contribution in [3.63, 3.8) is 0 Å². The molecule has 0 atom stereocenters. The quantitative estimate of drug-likeness (QED) is 0.132. The van der Waals surface area contributed by atoms with Crippen molar-refractivity contribution in [3.8, 4) is 17.2 Å². The molecule has 3 amide bonds. The summed E-state index contributed by atoms with van der Waals surface area (Å²) in [5, 5.41) is 37.9. The normalized spacial score (nSPS) is 10.9. The van der Waals surface area contributed by atoms with Crippen molar-refractivity contribution < 1.29 is 29.7 Å². The summed E-state index contributed by atoms with van der Waals surface area (Å²) in [6.45, 7) is 0.785. The van der Waals surface area contributed by atoms with Gasteiger partial charge in [-0.25, -0.2) is 0 Å². The number of aromatic hydroxyl groups is 3. The van der Waals surface area contributed by atoms with Gasteiger partial charge in [0.25, 0.3) is 34.4 Å². The van der Waals surface area contributed by atoms with Crippen LogP contribution in [0, 0.1) is 0 Å². The fraction of sp³-hybridized carbons (Fsp3) is 0.333. The first-order chi connectivity index (χ1) is 20.3. The van der Waals surface area contributed by atoms with Crippen LogP contribution in [0.15, 0.2) is 51.2 Å². The van der Waals surface area contributed by atoms with Gasteiger partial charge in [0, 0.05) is 79.0 Å². The second-order valence-corrected chi connectivity index (χ2v) is 9.59. The molecule has 0 saturated heterocycles. The first-order valence-corrected chi connectivity index (χ1v) is 13.1. The van der Waals surface area contributed by atoms with E-state index in [0.717, 1.165) is 13.7 Å². The van der Waals surface area contributed by atoms with E-state index in [9.17, 15) is 44.1 Å². The molecule has 43 heavy (non-hydrogen) atoms. The van der Waals surface area contributed by atoms with Gasteiger partial charge in [-0.3, -0.25) is 33.7 Å². The summed E-state index contributed by atoms with van der Waals surface area (Å²) in [5.74, 6) is -4.12. The molecule has 0 saturated carbocycles. The lowest BCUT2D eigenvalue weighted by atomic mass is 10.2. The van der Waals surface area contributed by atoms with E-state index in [1.807, 2.05) is 0 Å². The minimum atomic E-state index is -0.731. The molecule has 0 bridgehead atoms. The highest BCUT2D eigenvalue weighted by Crippen LogP contribution is 2.11. The Morgan fingerprint density at radius 2 is 0.837 bits per heavy atom. The zero-order valence-corrected chi connectivity index (χ0v) is 23.8. The van der Waals surface area contributed by atoms with Crippen molar-refractivity contribution in [2.24, 2.45) is 21.1 Å². The summed E-state index contributed by atoms with van der Waals surface area (Å²) in [5.41, 5.74) is -2.79. The fourth-order valence-electron chi connectivity index (χ4n) is 4.00. The number of carbonyl (C=O) groups is 3. The molecule has 0 fully saturated rings. The number of pyridine rings is 3. The minimum absolute atomic E-state index is 0.0560. The Morgan fingerprint density at radius 1 is 0.581 bits per heavy atom. The summed E-state index contributed by atoms with van der Waals surface area (Å²) >= 11 is 0. The molecule has 3 aromatic heterocycles. The third-order valence-electron chi connectivity index (χ3n) is 6.60. The first kappa shape index (κ1) is 32.1. The van der Waals surface area contributed by atoms with Gasteiger partial charge in [0.15, 0.2) is 17.2 Å². The fourth-order valence-corrected chi connectivity index (χ4v) is 4.00. The lowest BCUT2D eigenvalue weighted by Crippen LogP contribution is -2.43. The Bertz CT molecular complexity index is 1510. The monoisotopic (exact) mass is 599 g/mol. The molecule has 0 unspecified atom stereocenters. The maximum absolute atomic E-state index is 12.5. The summed E-state index contributed by atoms with van der Waals surface area (Å²) in [6.07, 6.45) is 4.03. The summed E-state index contributed by atoms with van der Waals surface area (Å²) in [4.78, 5) is 75.2. The van der Waals surface area contributed by atoms with Gasteiger partial charge >= 0.3 is 0 Å². The molecule has 0 aliphatic heterocycles. The zero-order chi connectivity index (χ0) is 31.8. The first-order valence-electron chi connectivity index (χ1n) is 13.1. The highest BCUT2D eigenvalue weighted by atomic mass is 16.3. The molecule has 3 heterocycles. The van der Waals surface area contributed by atoms with Crippen molar-refractivity contribution in [1.29, 1.82) is 0 Å². The van der Waals surface area contributed by atoms with Crippen LogP contribution < -0.4 is 32.6 Å². The third-order valence-corrected chi connectivity index (χ3v) is 6.60. The summed E-state index contributed by atoms with van der Waals surface area (Å²) in [7, 11) is 4.28. The van der Waals surface area contributed by atoms with Crippen LogP contribution >= 0.6 is 0 Å². The van der Waals surface area contributed by atoms with Crippen molar-refractivity contribution in [2.45, 2.75) is 0 Å². The van der Waals surface area contributed by atoms with Crippen LogP contribution in [0.5, 0.6) is 17.2 Å². The summed E-state index contributed by atoms with van der Waals surface area (Å²) < 4.78 is 3.36. The predicted molar refractivity (Wildman–Crippen MR) is 153 cm³/mol. The Labute approximate surface area is 244 Å². The highest BCUT2D eigenvalue weighted by Gasteiger charge is 2.18. The number of nitrogens with one attached hydrogen (secondary N) is 3. The molecule has 0 radical (unpaired) electrons. The maximum Gasteiger partial charge on any atom is 0.293 e. The van der Waals surface area contributed by atoms with E-state index < -0.39 is 51.6 Å². The number of amides is 3. The molecule has 3 aromatic rings. The molecule has 0 aliphatic carbocycles. The Morgan fingerprint density at radius 3 is 1.09 bits per heavy atom. The molecule has 0 aromatic carbocycles. The van der Waals surface area contributed by atoms with Gasteiger partial charge in [0.1, 0.15) is 0 Å². The van der Waals surface area contributed by atoms with Crippen LogP contribution in [-0.4, -0.2) is 90.9 Å². The maximum atomic E-state index is 12.5. The van der Waals surface area contributed by atoms with Crippen LogP contribution in [0.2, 0.25) is 0 Å². The lowest BCUT2D eigenvalue weighted by molar-refractivity contribution is 0.0944. The average molecular weight is 600 g/mol. The average Bonchev–Trinajstić information content (AvgIpc) is 2.97. The SMILES string of the molecule is Cn1ccc(C(=O)NCCN(CCNC(=O)c2ccn(C)c(=O)c2O)CCNC(=O)c2ccn(C)c(=O)c2O)c(O)c1=O. The molecule has 6 N–H and O–H groups in total. The van der Waals surface area contributed by atoms with Crippen molar-refractivity contribution in [2.75, 3.05) is 39.3 Å². The molecule has 0 spiro atoms. The second kappa shape index (κ2) is 14.0. The van der Waals surface area contributed by atoms with Gasteiger partial charge in [-0.1, -0.05) is 0 Å². The van der Waals surface area contributed by atoms with Crippen molar-refractivity contribution >= 4 is 17.7 Å². The highest BCUT2D eigenvalue weighted by molar-refractivity contribution is 5.97. The smallest absolute Gasteiger partial charge is 0.293 e. The predicted octanol–water partition coefficient (Wildman–Crippen LogP) is -2.21. The van der Waals surface area contributed by atoms with E-state index in [2.05, 4.69) is 16.0 Å². The van der Waals surface area contributed by atoms with E-state index in [1.54, 1.807) is 4.90 Å². The molecular formula is C27H33N7O9. The standard InChI is InChI=1S/C27H33N7O9/c1-31-10-4-16(19(35)25(31)41)22(38)28-7-13-34(14-8-29-23(39)17-5-11-32(2)26(42)20(17)36)15-9-30-24(40)18-6-12-33(3)27(43)21(18)37/h4-6,10-12,35-37H,7-9,13-15H2,1-3H3,(H,28,38)(H,29,39)(H,30,40). The van der Waals surface area contributed by atoms with Gasteiger partial charge in [0.2, 0.25) is 0 Å². The number of nitrogens with zero attached hydrogens (tertiary/aromatic N) is 4. The largest absolute Gasteiger partial charge is 0.502 e. The van der Waals surface area contributed by atoms with Crippen LogP contribution in [0.4, 0.5) is 0 Å². The van der Waals surface area contributed by atoms with E-state index in [1.165, 1.54) is 57.9 Å². The Balaban J connectivity index is 1.63. The van der Waals surface area contributed by atoms with Gasteiger partial charge < -0.3 is 45.0 Å². The van der Waals surface area contributed by atoms with Gasteiger partial charge in [-0.05, 0) is 18.2 Å². The van der Waals surface area contributed by atoms with Crippen molar-refractivity contribution in [3.05, 3.63) is 84.5 Å². The number of aromatic nitrogens is 3. The Hall–Kier alpha value is -5.38. The van der Waals surface area contributed by atoms with Crippen LogP contribution in [0.25, 0.3) is 0 Å². The molecule has 230 valence electrons. The van der Waals surface area contributed by atoms with E-state index in [4.69, 9.17) is 0 Å². The molecule has 16 heteroatoms. The topological polar surface area (TPSA) is 217 Å². The summed E-state index contributed by atoms with van der Waals surface area (Å²) in [6, 6.07) is 3.90. The minimum Gasteiger partial charge on any atom is -0.502 e. The molecule has 3 rings (SSSR count). The van der Waals surface area contributed by atoms with Gasteiger partial charge in [-0.2, -0.15) is 0 Å². The van der Waals surface area contributed by atoms with Gasteiger partial charge in [-0.15, -0.1) is 0 Å². The van der Waals surface area contributed by atoms with Crippen LogP contribution in [0.1, 0.15) is 31.1 Å². The lowest BCUT2D eigenvalue weighted by Gasteiger charge is -2.23. The van der Waals surface area contributed by atoms with Crippen LogP contribution in [-0.2, 0) is 21.1 Å². The number of aryl methyl sites for hydroxylation is 3. The number of rotatable bonds is 12. The van der Waals surface area contributed by atoms with Crippen LogP contribution in [0.3, 0.4) is 0 Å². The number of carbonyl (C=O) groups excluding carboxylic acids is 3. The second-order valence-electron chi connectivity index (χ2n) is 9.59. The van der Waals surface area contributed by atoms with Gasteiger partial charge in [0.05, 0.1) is 16.7 Å².